The minimum atomic E-state index is -0.200. The molecule has 0 aliphatic carbocycles. The second-order valence-corrected chi connectivity index (χ2v) is 4.61. The number of ether oxygens (including phenoxy) is 1. The zero-order valence-electron chi connectivity index (χ0n) is 10.4. The molecule has 0 atom stereocenters. The third-order valence-electron chi connectivity index (χ3n) is 2.44. The van der Waals surface area contributed by atoms with E-state index in [1.165, 1.54) is 0 Å². The summed E-state index contributed by atoms with van der Waals surface area (Å²) in [5, 5.41) is 8.78. The van der Waals surface area contributed by atoms with E-state index in [1.54, 1.807) is 19.1 Å². The Bertz CT molecular complexity index is 469. The molecular weight excluding hydrogens is 296 g/mol. The summed E-state index contributed by atoms with van der Waals surface area (Å²) in [4.78, 5) is 13.2. The van der Waals surface area contributed by atoms with E-state index < -0.39 is 0 Å². The quantitative estimate of drug-likeness (QED) is 0.785. The van der Waals surface area contributed by atoms with Crippen molar-refractivity contribution in [1.29, 1.82) is 5.26 Å². The fraction of sp³-hybridized carbons (Fsp3) is 0.385. The predicted octanol–water partition coefficient (Wildman–Crippen LogP) is 2.71. The van der Waals surface area contributed by atoms with Crippen molar-refractivity contribution in [1.82, 2.24) is 0 Å². The van der Waals surface area contributed by atoms with E-state index >= 15 is 0 Å². The molecular formula is C13H15BrN2O2. The average molecular weight is 311 g/mol. The maximum absolute atomic E-state index is 11.3. The molecule has 96 valence electrons. The molecule has 0 saturated heterocycles. The molecule has 4 nitrogen and oxygen atoms in total. The van der Waals surface area contributed by atoms with E-state index in [1.807, 2.05) is 18.0 Å². The Morgan fingerprint density at radius 1 is 1.56 bits per heavy atom. The van der Waals surface area contributed by atoms with Crippen LogP contribution in [-0.2, 0) is 9.53 Å². The van der Waals surface area contributed by atoms with E-state index in [2.05, 4.69) is 22.0 Å². The van der Waals surface area contributed by atoms with Gasteiger partial charge in [-0.05, 0) is 41.1 Å². The lowest BCUT2D eigenvalue weighted by atomic mass is 10.2. The van der Waals surface area contributed by atoms with E-state index in [-0.39, 0.29) is 5.97 Å². The van der Waals surface area contributed by atoms with Gasteiger partial charge in [0.1, 0.15) is 0 Å². The van der Waals surface area contributed by atoms with Gasteiger partial charge in [0.05, 0.1) is 30.3 Å². The number of carbonyl (C=O) groups excluding carboxylic acids is 1. The first-order chi connectivity index (χ1) is 8.58. The topological polar surface area (TPSA) is 53.3 Å². The molecule has 0 saturated carbocycles. The summed E-state index contributed by atoms with van der Waals surface area (Å²) in [7, 11) is 1.89. The van der Waals surface area contributed by atoms with Crippen LogP contribution in [0.3, 0.4) is 0 Å². The van der Waals surface area contributed by atoms with Crippen LogP contribution in [0.15, 0.2) is 22.7 Å². The van der Waals surface area contributed by atoms with Gasteiger partial charge in [0.25, 0.3) is 0 Å². The van der Waals surface area contributed by atoms with Crippen LogP contribution in [0.5, 0.6) is 0 Å². The summed E-state index contributed by atoms with van der Waals surface area (Å²) in [6, 6.07) is 7.44. The first-order valence-electron chi connectivity index (χ1n) is 5.65. The lowest BCUT2D eigenvalue weighted by Gasteiger charge is -2.20. The highest BCUT2D eigenvalue weighted by Crippen LogP contribution is 2.26. The van der Waals surface area contributed by atoms with E-state index in [4.69, 9.17) is 10.00 Å². The van der Waals surface area contributed by atoms with Crippen molar-refractivity contribution in [3.63, 3.8) is 0 Å². The van der Waals surface area contributed by atoms with Crippen molar-refractivity contribution in [2.75, 3.05) is 25.1 Å². The molecule has 1 aromatic rings. The third-order valence-corrected chi connectivity index (χ3v) is 3.08. The summed E-state index contributed by atoms with van der Waals surface area (Å²) in [5.41, 5.74) is 1.54. The molecule has 0 aromatic heterocycles. The van der Waals surface area contributed by atoms with Crippen molar-refractivity contribution in [2.24, 2.45) is 0 Å². The maximum Gasteiger partial charge on any atom is 0.307 e. The highest BCUT2D eigenvalue weighted by molar-refractivity contribution is 9.10. The lowest BCUT2D eigenvalue weighted by Crippen LogP contribution is -2.22. The van der Waals surface area contributed by atoms with Crippen LogP contribution in [0.1, 0.15) is 18.9 Å². The first-order valence-corrected chi connectivity index (χ1v) is 6.44. The summed E-state index contributed by atoms with van der Waals surface area (Å²) in [6.45, 7) is 2.77. The highest BCUT2D eigenvalue weighted by atomic mass is 79.9. The SMILES string of the molecule is CCOC(=O)CCN(C)c1ccc(C#N)cc1Br. The van der Waals surface area contributed by atoms with Crippen molar-refractivity contribution in [3.05, 3.63) is 28.2 Å². The molecule has 0 bridgehead atoms. The van der Waals surface area contributed by atoms with Gasteiger partial charge in [-0.2, -0.15) is 5.26 Å². The fourth-order valence-electron chi connectivity index (χ4n) is 1.50. The predicted molar refractivity (Wildman–Crippen MR) is 73.4 cm³/mol. The van der Waals surface area contributed by atoms with Crippen molar-refractivity contribution < 1.29 is 9.53 Å². The molecule has 0 N–H and O–H groups in total. The summed E-state index contributed by atoms with van der Waals surface area (Å²) in [5.74, 6) is -0.200. The maximum atomic E-state index is 11.3. The number of hydrogen-bond acceptors (Lipinski definition) is 4. The van der Waals surface area contributed by atoms with E-state index in [9.17, 15) is 4.79 Å². The van der Waals surface area contributed by atoms with Gasteiger partial charge in [-0.25, -0.2) is 0 Å². The number of nitrogens with zero attached hydrogens (tertiary/aromatic N) is 2. The third kappa shape index (κ3) is 4.04. The van der Waals surface area contributed by atoms with Gasteiger partial charge in [-0.15, -0.1) is 0 Å². The number of anilines is 1. The molecule has 0 heterocycles. The van der Waals surface area contributed by atoms with Crippen LogP contribution in [0.2, 0.25) is 0 Å². The van der Waals surface area contributed by atoms with Gasteiger partial charge in [0.2, 0.25) is 0 Å². The molecule has 0 unspecified atom stereocenters. The average Bonchev–Trinajstić information content (AvgIpc) is 2.36. The second kappa shape index (κ2) is 7.02. The summed E-state index contributed by atoms with van der Waals surface area (Å²) < 4.78 is 5.72. The van der Waals surface area contributed by atoms with Gasteiger partial charge in [-0.1, -0.05) is 0 Å². The Labute approximate surface area is 115 Å². The van der Waals surface area contributed by atoms with Crippen molar-refractivity contribution >= 4 is 27.6 Å². The van der Waals surface area contributed by atoms with Crippen LogP contribution in [0.4, 0.5) is 5.69 Å². The van der Waals surface area contributed by atoms with Gasteiger partial charge < -0.3 is 9.64 Å². The minimum Gasteiger partial charge on any atom is -0.466 e. The molecule has 0 aliphatic heterocycles. The van der Waals surface area contributed by atoms with Crippen molar-refractivity contribution in [2.45, 2.75) is 13.3 Å². The van der Waals surface area contributed by atoms with Crippen molar-refractivity contribution in [3.8, 4) is 6.07 Å². The molecule has 0 fully saturated rings. The zero-order chi connectivity index (χ0) is 13.5. The summed E-state index contributed by atoms with van der Waals surface area (Å²) in [6.07, 6.45) is 0.344. The fourth-order valence-corrected chi connectivity index (χ4v) is 2.18. The minimum absolute atomic E-state index is 0.200. The van der Waals surface area contributed by atoms with Gasteiger partial charge >= 0.3 is 5.97 Å². The highest BCUT2D eigenvalue weighted by Gasteiger charge is 2.09. The standard InChI is InChI=1S/C13H15BrN2O2/c1-3-18-13(17)6-7-16(2)12-5-4-10(9-15)8-11(12)14/h4-5,8H,3,6-7H2,1-2H3. The molecule has 0 spiro atoms. The Balaban J connectivity index is 2.64. The number of esters is 1. The monoisotopic (exact) mass is 310 g/mol. The number of benzene rings is 1. The molecule has 0 amide bonds. The Morgan fingerprint density at radius 2 is 2.28 bits per heavy atom. The van der Waals surface area contributed by atoms with Crippen LogP contribution >= 0.6 is 15.9 Å². The van der Waals surface area contributed by atoms with Gasteiger partial charge in [0, 0.05) is 18.1 Å². The second-order valence-electron chi connectivity index (χ2n) is 3.75. The smallest absolute Gasteiger partial charge is 0.307 e. The number of halogens is 1. The number of nitriles is 1. The Morgan fingerprint density at radius 3 is 2.83 bits per heavy atom. The number of carbonyl (C=O) groups is 1. The Hall–Kier alpha value is -1.54. The summed E-state index contributed by atoms with van der Waals surface area (Å²) >= 11 is 3.42. The van der Waals surface area contributed by atoms with Crippen LogP contribution in [-0.4, -0.2) is 26.2 Å². The first kappa shape index (κ1) is 14.5. The van der Waals surface area contributed by atoms with Crippen LogP contribution in [0.25, 0.3) is 0 Å². The zero-order valence-corrected chi connectivity index (χ0v) is 12.0. The largest absolute Gasteiger partial charge is 0.466 e. The van der Waals surface area contributed by atoms with E-state index in [0.717, 1.165) is 10.2 Å². The Kier molecular flexibility index (Phi) is 5.66. The number of rotatable bonds is 5. The molecule has 0 aliphatic rings. The van der Waals surface area contributed by atoms with Crippen LogP contribution < -0.4 is 4.90 Å². The van der Waals surface area contributed by atoms with E-state index in [0.29, 0.717) is 25.1 Å². The van der Waals surface area contributed by atoms with Gasteiger partial charge in [-0.3, -0.25) is 4.79 Å². The van der Waals surface area contributed by atoms with Gasteiger partial charge in [0.15, 0.2) is 0 Å². The normalized spacial score (nSPS) is 9.67. The lowest BCUT2D eigenvalue weighted by molar-refractivity contribution is -0.142. The molecule has 1 rings (SSSR count). The molecule has 0 radical (unpaired) electrons. The number of hydrogen-bond donors (Lipinski definition) is 0. The van der Waals surface area contributed by atoms with Crippen LogP contribution in [0, 0.1) is 11.3 Å². The molecule has 5 heteroatoms. The molecule has 18 heavy (non-hydrogen) atoms. The molecule has 1 aromatic carbocycles.